The molecule has 1 saturated carbocycles. The molecule has 0 aliphatic heterocycles. The van der Waals surface area contributed by atoms with Gasteiger partial charge in [0.1, 0.15) is 12.4 Å². The number of sulfonamides is 2. The monoisotopic (exact) mass is 759 g/mol. The van der Waals surface area contributed by atoms with Crippen molar-refractivity contribution in [3.05, 3.63) is 102 Å². The molecule has 3 aromatic carbocycles. The van der Waals surface area contributed by atoms with Gasteiger partial charge in [0.15, 0.2) is 0 Å². The van der Waals surface area contributed by atoms with Crippen molar-refractivity contribution in [1.29, 1.82) is 0 Å². The van der Waals surface area contributed by atoms with Crippen LogP contribution in [0.2, 0.25) is 0 Å². The van der Waals surface area contributed by atoms with Gasteiger partial charge in [-0.1, -0.05) is 62.4 Å². The van der Waals surface area contributed by atoms with Crippen LogP contribution in [0, 0.1) is 12.8 Å². The molecule has 1 fully saturated rings. The van der Waals surface area contributed by atoms with Crippen LogP contribution in [0.3, 0.4) is 0 Å². The molecule has 0 radical (unpaired) electrons. The van der Waals surface area contributed by atoms with Gasteiger partial charge in [-0.3, -0.25) is 0 Å². The van der Waals surface area contributed by atoms with Crippen molar-refractivity contribution in [3.63, 3.8) is 0 Å². The summed E-state index contributed by atoms with van der Waals surface area (Å²) in [6.07, 6.45) is 1.69. The zero-order valence-electron chi connectivity index (χ0n) is 29.1. The molecule has 4 aromatic rings. The number of hydrogen-bond donors (Lipinski definition) is 4. The van der Waals surface area contributed by atoms with E-state index >= 15 is 0 Å². The fourth-order valence-electron chi connectivity index (χ4n) is 4.93. The fourth-order valence-corrected chi connectivity index (χ4v) is 7.38. The number of carbonyl (C=O) groups excluding carboxylic acids is 2. The zero-order valence-corrected chi connectivity index (χ0v) is 32.7. The third-order valence-electron chi connectivity index (χ3n) is 7.77. The van der Waals surface area contributed by atoms with Gasteiger partial charge in [-0.2, -0.15) is 4.98 Å². The van der Waals surface area contributed by atoms with Gasteiger partial charge in [0.25, 0.3) is 10.0 Å². The largest absolute Gasteiger partial charge is 1.00 e. The van der Waals surface area contributed by atoms with E-state index in [0.29, 0.717) is 40.5 Å². The standard InChI is InChI=1S/C34H39N7O8S2.Na/c1-22(2)30(32(42)43)41(34(44)49-21-24-9-5-4-6-10-24)40-51(47,48)29-14-8-13-27(18-29)38-33-35-19-23(3)31(39-33)37-26-12-7-11-25(17-26)20-36-50(45,46)28-15-16-28;/h4-14,17-19,22,28,30,36,40H,15-16,20-21H2,1-3H3,(H,42,43)(H2,35,37,38,39);/q;+1/p-1/t30-;/m0./s1. The van der Waals surface area contributed by atoms with Gasteiger partial charge in [-0.15, -0.1) is 4.83 Å². The predicted molar refractivity (Wildman–Crippen MR) is 187 cm³/mol. The Kier molecular flexibility index (Phi) is 13.8. The molecule has 0 saturated heterocycles. The average Bonchev–Trinajstić information content (AvgIpc) is 3.95. The van der Waals surface area contributed by atoms with E-state index in [1.165, 1.54) is 32.0 Å². The Morgan fingerprint density at radius 3 is 2.23 bits per heavy atom. The number of aliphatic carboxylic acids is 1. The number of ether oxygens (including phenoxy) is 1. The van der Waals surface area contributed by atoms with E-state index in [0.717, 1.165) is 5.56 Å². The van der Waals surface area contributed by atoms with Gasteiger partial charge < -0.3 is 25.3 Å². The first-order chi connectivity index (χ1) is 24.2. The van der Waals surface area contributed by atoms with Crippen LogP contribution in [0.25, 0.3) is 0 Å². The molecule has 1 aromatic heterocycles. The zero-order chi connectivity index (χ0) is 36.8. The van der Waals surface area contributed by atoms with Gasteiger partial charge >= 0.3 is 35.7 Å². The van der Waals surface area contributed by atoms with Crippen molar-refractivity contribution in [2.24, 2.45) is 5.92 Å². The molecule has 270 valence electrons. The van der Waals surface area contributed by atoms with E-state index in [1.807, 2.05) is 6.07 Å². The number of amides is 1. The van der Waals surface area contributed by atoms with Crippen LogP contribution in [0.4, 0.5) is 27.9 Å². The van der Waals surface area contributed by atoms with Crippen LogP contribution in [-0.2, 0) is 42.7 Å². The SMILES string of the molecule is Cc1cnc(Nc2cccc(S(=O)(=O)NN(C(=O)OCc3ccccc3)[C@H](C(=O)[O-])C(C)C)c2)nc1Nc1cccc(CNS(=O)(=O)C2CC2)c1.[Na+]. The van der Waals surface area contributed by atoms with E-state index in [9.17, 15) is 31.5 Å². The fraction of sp³-hybridized carbons (Fsp3) is 0.294. The molecule has 52 heavy (non-hydrogen) atoms. The topological polar surface area (TPSA) is 212 Å². The molecule has 15 nitrogen and oxygen atoms in total. The molecule has 4 N–H and O–H groups in total. The van der Waals surface area contributed by atoms with Crippen molar-refractivity contribution in [3.8, 4) is 0 Å². The first-order valence-electron chi connectivity index (χ1n) is 16.0. The molecule has 1 aliphatic rings. The van der Waals surface area contributed by atoms with E-state index in [2.05, 4.69) is 30.2 Å². The summed E-state index contributed by atoms with van der Waals surface area (Å²) in [7, 11) is -7.88. The van der Waals surface area contributed by atoms with Crippen molar-refractivity contribution < 1.29 is 65.8 Å². The molecule has 5 rings (SSSR count). The second-order valence-corrected chi connectivity index (χ2v) is 16.0. The minimum atomic E-state index is -4.54. The molecule has 18 heteroatoms. The van der Waals surface area contributed by atoms with Gasteiger partial charge in [0.05, 0.1) is 22.2 Å². The number of anilines is 4. The Bertz CT molecular complexity index is 2100. The van der Waals surface area contributed by atoms with Gasteiger partial charge in [-0.05, 0) is 67.1 Å². The molecular formula is C34H38N7NaO8S2. The second kappa shape index (κ2) is 17.6. The number of hydrazine groups is 1. The Hall–Kier alpha value is -4.10. The smallest absolute Gasteiger partial charge is 0.548 e. The number of carbonyl (C=O) groups is 2. The van der Waals surface area contributed by atoms with E-state index in [-0.39, 0.29) is 64.5 Å². The Morgan fingerprint density at radius 2 is 1.58 bits per heavy atom. The maximum atomic E-state index is 13.6. The van der Waals surface area contributed by atoms with Gasteiger partial charge in [0, 0.05) is 29.7 Å². The van der Waals surface area contributed by atoms with Crippen LogP contribution in [-0.4, -0.2) is 55.2 Å². The van der Waals surface area contributed by atoms with Crippen molar-refractivity contribution in [2.45, 2.75) is 63.0 Å². The summed E-state index contributed by atoms with van der Waals surface area (Å²) in [5, 5.41) is 18.3. The molecule has 0 bridgehead atoms. The molecule has 1 atom stereocenters. The Labute approximate surface area is 325 Å². The molecule has 1 heterocycles. The number of hydrogen-bond acceptors (Lipinski definition) is 12. The molecule has 1 amide bonds. The number of benzene rings is 3. The first kappa shape index (κ1) is 40.7. The normalized spacial score (nSPS) is 13.5. The van der Waals surface area contributed by atoms with Crippen LogP contribution in [0.15, 0.2) is 90.0 Å². The summed E-state index contributed by atoms with van der Waals surface area (Å²) in [6, 6.07) is 19.7. The van der Waals surface area contributed by atoms with E-state index < -0.39 is 44.1 Å². The van der Waals surface area contributed by atoms with Gasteiger partial charge in [-0.25, -0.2) is 36.3 Å². The minimum Gasteiger partial charge on any atom is -0.548 e. The van der Waals surface area contributed by atoms with Crippen molar-refractivity contribution >= 4 is 55.3 Å². The minimum absolute atomic E-state index is 0. The van der Waals surface area contributed by atoms with Crippen molar-refractivity contribution in [1.82, 2.24) is 24.5 Å². The second-order valence-electron chi connectivity index (χ2n) is 12.3. The predicted octanol–water partition coefficient (Wildman–Crippen LogP) is 0.465. The van der Waals surface area contributed by atoms with Crippen LogP contribution < -0.4 is 54.9 Å². The number of aryl methyl sites for hydroxylation is 1. The summed E-state index contributed by atoms with van der Waals surface area (Å²) < 4.78 is 59.5. The molecule has 0 spiro atoms. The van der Waals surface area contributed by atoms with Crippen LogP contribution >= 0.6 is 0 Å². The summed E-state index contributed by atoms with van der Waals surface area (Å²) in [5.74, 6) is -1.85. The first-order valence-corrected chi connectivity index (χ1v) is 19.0. The summed E-state index contributed by atoms with van der Waals surface area (Å²) in [4.78, 5) is 35.8. The third-order valence-corrected chi connectivity index (χ3v) is 11.0. The van der Waals surface area contributed by atoms with Gasteiger partial charge in [0.2, 0.25) is 16.0 Å². The third kappa shape index (κ3) is 11.0. The van der Waals surface area contributed by atoms with Crippen LogP contribution in [0.1, 0.15) is 43.4 Å². The quantitative estimate of drug-likeness (QED) is 0.0907. The maximum absolute atomic E-state index is 13.6. The summed E-state index contributed by atoms with van der Waals surface area (Å²) >= 11 is 0. The van der Waals surface area contributed by atoms with E-state index in [4.69, 9.17) is 4.74 Å². The Balaban J connectivity index is 0.00000605. The molecule has 0 unspecified atom stereocenters. The Morgan fingerprint density at radius 1 is 0.923 bits per heavy atom. The van der Waals surface area contributed by atoms with Crippen molar-refractivity contribution in [2.75, 3.05) is 10.6 Å². The molecule has 1 aliphatic carbocycles. The summed E-state index contributed by atoms with van der Waals surface area (Å²) in [6.45, 7) is 4.72. The number of rotatable bonds is 16. The number of nitrogens with zero attached hydrogens (tertiary/aromatic N) is 3. The summed E-state index contributed by atoms with van der Waals surface area (Å²) in [5.41, 5.74) is 3.00. The van der Waals surface area contributed by atoms with Crippen LogP contribution in [0.5, 0.6) is 0 Å². The average molecular weight is 760 g/mol. The number of carboxylic acid groups (broad SMARTS) is 1. The molecular weight excluding hydrogens is 722 g/mol. The maximum Gasteiger partial charge on any atom is 1.00 e. The number of aromatic nitrogens is 2. The van der Waals surface area contributed by atoms with E-state index in [1.54, 1.807) is 67.7 Å². The number of carboxylic acids is 1. The number of nitrogens with one attached hydrogen (secondary N) is 4.